The summed E-state index contributed by atoms with van der Waals surface area (Å²) in [4.78, 5) is 12.3. The fourth-order valence-electron chi connectivity index (χ4n) is 4.37. The van der Waals surface area contributed by atoms with Crippen molar-refractivity contribution in [2.24, 2.45) is 17.8 Å². The monoisotopic (exact) mass is 411 g/mol. The number of carbonyl (C=O) groups is 1. The molecule has 0 aromatic heterocycles. The molecule has 5 heteroatoms. The van der Waals surface area contributed by atoms with Crippen molar-refractivity contribution < 1.29 is 18.3 Å². The van der Waals surface area contributed by atoms with Crippen molar-refractivity contribution in [2.45, 2.75) is 52.4 Å². The van der Waals surface area contributed by atoms with Gasteiger partial charge in [0.15, 0.2) is 0 Å². The summed E-state index contributed by atoms with van der Waals surface area (Å²) in [6.07, 6.45) is 7.04. The van der Waals surface area contributed by atoms with Crippen LogP contribution >= 0.6 is 0 Å². The highest BCUT2D eigenvalue weighted by Gasteiger charge is 2.25. The van der Waals surface area contributed by atoms with E-state index in [2.05, 4.69) is 13.8 Å². The molecule has 0 heterocycles. The van der Waals surface area contributed by atoms with Crippen LogP contribution in [-0.4, -0.2) is 5.97 Å². The van der Waals surface area contributed by atoms with Crippen molar-refractivity contribution in [3.63, 3.8) is 0 Å². The average Bonchev–Trinajstić information content (AvgIpc) is 2.74. The van der Waals surface area contributed by atoms with Crippen LogP contribution in [0.4, 0.5) is 8.78 Å². The summed E-state index contributed by atoms with van der Waals surface area (Å²) in [5.41, 5.74) is 0.515. The third-order valence-electron chi connectivity index (χ3n) is 6.36. The van der Waals surface area contributed by atoms with E-state index in [-0.39, 0.29) is 16.9 Å². The van der Waals surface area contributed by atoms with Gasteiger partial charge in [-0.25, -0.2) is 13.6 Å². The van der Waals surface area contributed by atoms with Crippen LogP contribution in [0.2, 0.25) is 0 Å². The first-order valence-corrected chi connectivity index (χ1v) is 10.6. The van der Waals surface area contributed by atoms with Gasteiger partial charge in [0.25, 0.3) is 0 Å². The topological polar surface area (TPSA) is 50.1 Å². The molecule has 2 aromatic rings. The first-order chi connectivity index (χ1) is 14.4. The van der Waals surface area contributed by atoms with Gasteiger partial charge in [0.05, 0.1) is 11.1 Å². The molecule has 1 aliphatic carbocycles. The molecule has 1 saturated carbocycles. The number of hydrogen-bond donors (Lipinski definition) is 0. The van der Waals surface area contributed by atoms with Crippen LogP contribution < -0.4 is 4.74 Å². The Kier molecular flexibility index (Phi) is 7.20. The highest BCUT2D eigenvalue weighted by molar-refractivity contribution is 5.91. The van der Waals surface area contributed by atoms with Gasteiger partial charge in [-0.05, 0) is 66.8 Å². The van der Waals surface area contributed by atoms with Crippen molar-refractivity contribution in [3.05, 3.63) is 64.7 Å². The zero-order valence-electron chi connectivity index (χ0n) is 17.5. The Balaban J connectivity index is 1.62. The van der Waals surface area contributed by atoms with E-state index in [1.165, 1.54) is 56.4 Å². The van der Waals surface area contributed by atoms with E-state index < -0.39 is 17.6 Å². The highest BCUT2D eigenvalue weighted by Crippen LogP contribution is 2.36. The second-order valence-electron chi connectivity index (χ2n) is 8.33. The summed E-state index contributed by atoms with van der Waals surface area (Å²) in [5.74, 6) is -0.436. The predicted molar refractivity (Wildman–Crippen MR) is 111 cm³/mol. The van der Waals surface area contributed by atoms with Gasteiger partial charge in [-0.2, -0.15) is 5.26 Å². The molecule has 1 aliphatic rings. The van der Waals surface area contributed by atoms with E-state index in [9.17, 15) is 13.6 Å². The first kappa shape index (κ1) is 22.0. The van der Waals surface area contributed by atoms with Crippen LogP contribution in [0.5, 0.6) is 5.75 Å². The predicted octanol–water partition coefficient (Wildman–Crippen LogP) is 6.45. The highest BCUT2D eigenvalue weighted by atomic mass is 19.1. The maximum absolute atomic E-state index is 14.6. The Morgan fingerprint density at radius 1 is 1.13 bits per heavy atom. The lowest BCUT2D eigenvalue weighted by molar-refractivity contribution is 0.0729. The molecule has 1 fully saturated rings. The number of hydrogen-bond acceptors (Lipinski definition) is 3. The smallest absolute Gasteiger partial charge is 0.346 e. The molecule has 0 radical (unpaired) electrons. The van der Waals surface area contributed by atoms with Gasteiger partial charge >= 0.3 is 5.97 Å². The molecule has 0 spiro atoms. The quantitative estimate of drug-likeness (QED) is 0.405. The van der Waals surface area contributed by atoms with E-state index in [1.807, 2.05) is 0 Å². The summed E-state index contributed by atoms with van der Waals surface area (Å²) in [6.45, 7) is 4.47. The molecule has 3 rings (SSSR count). The van der Waals surface area contributed by atoms with Crippen LogP contribution in [0.25, 0.3) is 0 Å². The molecular formula is C25H27F2NO2. The third-order valence-corrected chi connectivity index (χ3v) is 6.36. The number of carbonyl (C=O) groups excluding carboxylic acids is 1. The number of nitriles is 1. The van der Waals surface area contributed by atoms with E-state index in [0.717, 1.165) is 24.0 Å². The molecule has 158 valence electrons. The number of ether oxygens (including phenoxy) is 1. The van der Waals surface area contributed by atoms with Gasteiger partial charge in [-0.15, -0.1) is 0 Å². The molecule has 0 N–H and O–H groups in total. The number of esters is 1. The van der Waals surface area contributed by atoms with Crippen molar-refractivity contribution in [1.29, 1.82) is 5.26 Å². The third kappa shape index (κ3) is 5.24. The lowest BCUT2D eigenvalue weighted by atomic mass is 9.74. The van der Waals surface area contributed by atoms with Gasteiger partial charge < -0.3 is 4.74 Å². The zero-order valence-corrected chi connectivity index (χ0v) is 17.5. The molecule has 3 nitrogen and oxygen atoms in total. The minimum atomic E-state index is -0.894. The number of rotatable bonds is 6. The van der Waals surface area contributed by atoms with E-state index in [0.29, 0.717) is 11.8 Å². The van der Waals surface area contributed by atoms with Gasteiger partial charge in [0, 0.05) is 6.07 Å². The van der Waals surface area contributed by atoms with E-state index in [1.54, 1.807) is 12.1 Å². The fourth-order valence-corrected chi connectivity index (χ4v) is 4.37. The maximum Gasteiger partial charge on any atom is 0.346 e. The van der Waals surface area contributed by atoms with Gasteiger partial charge in [0.1, 0.15) is 23.5 Å². The van der Waals surface area contributed by atoms with Crippen molar-refractivity contribution in [1.82, 2.24) is 0 Å². The lowest BCUT2D eigenvalue weighted by Crippen LogP contribution is -2.21. The molecular weight excluding hydrogens is 384 g/mol. The molecule has 0 bridgehead atoms. The van der Waals surface area contributed by atoms with Crippen LogP contribution in [0.15, 0.2) is 36.4 Å². The standard InChI is InChI=1S/C25H27F2NO2/c1-3-17-4-7-19(8-5-17)16(2)12-18-6-11-22(24(27)13-18)25(29)30-21-10-9-20(15-28)23(26)14-21/h6,9-11,13-14,16-17,19H,3-5,7-8,12H2,1-2H3. The van der Waals surface area contributed by atoms with Crippen LogP contribution in [-0.2, 0) is 6.42 Å². The molecule has 0 aliphatic heterocycles. The lowest BCUT2D eigenvalue weighted by Gasteiger charge is -2.32. The van der Waals surface area contributed by atoms with Crippen molar-refractivity contribution in [3.8, 4) is 11.8 Å². The Bertz CT molecular complexity index is 943. The van der Waals surface area contributed by atoms with Gasteiger partial charge in [-0.3, -0.25) is 0 Å². The molecule has 2 aromatic carbocycles. The summed E-state index contributed by atoms with van der Waals surface area (Å²) in [7, 11) is 0. The summed E-state index contributed by atoms with van der Waals surface area (Å²) < 4.78 is 33.3. The van der Waals surface area contributed by atoms with Crippen molar-refractivity contribution >= 4 is 5.97 Å². The van der Waals surface area contributed by atoms with Gasteiger partial charge in [-0.1, -0.05) is 39.2 Å². The Morgan fingerprint density at radius 3 is 2.47 bits per heavy atom. The molecule has 0 saturated heterocycles. The second kappa shape index (κ2) is 9.84. The molecule has 0 amide bonds. The number of halogens is 2. The number of benzene rings is 2. The van der Waals surface area contributed by atoms with Crippen LogP contribution in [0.1, 0.15) is 67.4 Å². The Labute approximate surface area is 176 Å². The summed E-state index contributed by atoms with van der Waals surface area (Å²) in [6, 6.07) is 9.73. The fraction of sp³-hybridized carbons (Fsp3) is 0.440. The summed E-state index contributed by atoms with van der Waals surface area (Å²) >= 11 is 0. The van der Waals surface area contributed by atoms with E-state index in [4.69, 9.17) is 10.00 Å². The van der Waals surface area contributed by atoms with Gasteiger partial charge in [0.2, 0.25) is 0 Å². The van der Waals surface area contributed by atoms with Crippen molar-refractivity contribution in [2.75, 3.05) is 0 Å². The second-order valence-corrected chi connectivity index (χ2v) is 8.33. The zero-order chi connectivity index (χ0) is 21.7. The molecule has 1 atom stereocenters. The largest absolute Gasteiger partial charge is 0.423 e. The minimum Gasteiger partial charge on any atom is -0.423 e. The number of nitrogens with zero attached hydrogens (tertiary/aromatic N) is 1. The SMILES string of the molecule is CCC1CCC(C(C)Cc2ccc(C(=O)Oc3ccc(C#N)c(F)c3)c(F)c2)CC1. The maximum atomic E-state index is 14.6. The average molecular weight is 411 g/mol. The van der Waals surface area contributed by atoms with E-state index >= 15 is 0 Å². The summed E-state index contributed by atoms with van der Waals surface area (Å²) in [5, 5.41) is 8.75. The molecule has 30 heavy (non-hydrogen) atoms. The van der Waals surface area contributed by atoms with Crippen LogP contribution in [0.3, 0.4) is 0 Å². The Hall–Kier alpha value is -2.74. The first-order valence-electron chi connectivity index (χ1n) is 10.6. The normalized spacial score (nSPS) is 19.7. The Morgan fingerprint density at radius 2 is 1.87 bits per heavy atom. The van der Waals surface area contributed by atoms with Crippen LogP contribution in [0, 0.1) is 40.7 Å². The molecule has 1 unspecified atom stereocenters. The minimum absolute atomic E-state index is 0.0729.